The zero-order valence-electron chi connectivity index (χ0n) is 5.50. The van der Waals surface area contributed by atoms with Crippen LogP contribution in [-0.4, -0.2) is 4.98 Å². The van der Waals surface area contributed by atoms with Crippen LogP contribution in [0.25, 0.3) is 0 Å². The molecule has 0 saturated heterocycles. The number of rotatable bonds is 0. The van der Waals surface area contributed by atoms with Crippen LogP contribution in [0.3, 0.4) is 0 Å². The van der Waals surface area contributed by atoms with Gasteiger partial charge in [-0.1, -0.05) is 5.92 Å². The van der Waals surface area contributed by atoms with Gasteiger partial charge < -0.3 is 0 Å². The quantitative estimate of drug-likeness (QED) is 0.513. The summed E-state index contributed by atoms with van der Waals surface area (Å²) in [6, 6.07) is 0. The molecule has 2 heteroatoms. The third kappa shape index (κ3) is 1.37. The number of thiazole rings is 1. The average Bonchev–Trinajstić information content (AvgIpc) is 2.63. The first kappa shape index (κ1) is 5.94. The zero-order valence-corrected chi connectivity index (χ0v) is 6.32. The summed E-state index contributed by atoms with van der Waals surface area (Å²) in [5.74, 6) is 6.89. The highest BCUT2D eigenvalue weighted by Gasteiger charge is 2.17. The van der Waals surface area contributed by atoms with Crippen molar-refractivity contribution in [1.82, 2.24) is 4.98 Å². The van der Waals surface area contributed by atoms with Gasteiger partial charge in [-0.25, -0.2) is 4.98 Å². The zero-order chi connectivity index (χ0) is 6.81. The fraction of sp³-hybridized carbons (Fsp3) is 0.375. The Bertz CT molecular complexity index is 261. The van der Waals surface area contributed by atoms with Crippen LogP contribution in [0.4, 0.5) is 0 Å². The van der Waals surface area contributed by atoms with Gasteiger partial charge in [0, 0.05) is 17.5 Å². The highest BCUT2D eigenvalue weighted by Crippen LogP contribution is 2.27. The maximum Gasteiger partial charge on any atom is 0.166 e. The van der Waals surface area contributed by atoms with E-state index in [9.17, 15) is 0 Å². The summed E-state index contributed by atoms with van der Waals surface area (Å²) in [7, 11) is 0. The lowest BCUT2D eigenvalue weighted by Crippen LogP contribution is -1.68. The van der Waals surface area contributed by atoms with Gasteiger partial charge in [0.1, 0.15) is 0 Å². The topological polar surface area (TPSA) is 12.9 Å². The molecule has 50 valence electrons. The van der Waals surface area contributed by atoms with Gasteiger partial charge in [-0.3, -0.25) is 0 Å². The fourth-order valence-electron chi connectivity index (χ4n) is 0.677. The van der Waals surface area contributed by atoms with Crippen LogP contribution in [0, 0.1) is 17.8 Å². The standard InChI is InChI=1S/C8H7NS/c1-2-7(1)3-4-8-9-5-6-10-8/h5-7H,1-2H2. The molecular weight excluding hydrogens is 142 g/mol. The van der Waals surface area contributed by atoms with Crippen molar-refractivity contribution in [2.75, 3.05) is 0 Å². The predicted octanol–water partition coefficient (Wildman–Crippen LogP) is 1.90. The highest BCUT2D eigenvalue weighted by atomic mass is 32.1. The summed E-state index contributed by atoms with van der Waals surface area (Å²) in [5, 5.41) is 2.91. The first-order chi connectivity index (χ1) is 4.95. The van der Waals surface area contributed by atoms with Crippen molar-refractivity contribution in [2.45, 2.75) is 12.8 Å². The number of hydrogen-bond acceptors (Lipinski definition) is 2. The Morgan fingerprint density at radius 1 is 1.60 bits per heavy atom. The Labute approximate surface area is 64.1 Å². The minimum absolute atomic E-state index is 0.684. The second kappa shape index (κ2) is 2.43. The van der Waals surface area contributed by atoms with Gasteiger partial charge in [0.25, 0.3) is 0 Å². The van der Waals surface area contributed by atoms with Gasteiger partial charge in [-0.15, -0.1) is 11.3 Å². The van der Waals surface area contributed by atoms with Crippen LogP contribution >= 0.6 is 11.3 Å². The molecule has 1 nitrogen and oxygen atoms in total. The summed E-state index contributed by atoms with van der Waals surface area (Å²) in [4.78, 5) is 4.06. The maximum atomic E-state index is 4.06. The van der Waals surface area contributed by atoms with E-state index in [0.29, 0.717) is 5.92 Å². The summed E-state index contributed by atoms with van der Waals surface area (Å²) < 4.78 is 0. The third-order valence-corrected chi connectivity index (χ3v) is 2.08. The fourth-order valence-corrected chi connectivity index (χ4v) is 1.17. The molecule has 0 aromatic carbocycles. The molecule has 1 fully saturated rings. The molecule has 0 radical (unpaired) electrons. The monoisotopic (exact) mass is 149 g/mol. The van der Waals surface area contributed by atoms with E-state index >= 15 is 0 Å². The lowest BCUT2D eigenvalue weighted by atomic mass is 10.4. The van der Waals surface area contributed by atoms with E-state index in [0.717, 1.165) is 5.01 Å². The lowest BCUT2D eigenvalue weighted by molar-refractivity contribution is 1.18. The second-order valence-corrected chi connectivity index (χ2v) is 3.28. The summed E-state index contributed by atoms with van der Waals surface area (Å²) in [6.07, 6.45) is 4.37. The van der Waals surface area contributed by atoms with Crippen LogP contribution in [0.15, 0.2) is 11.6 Å². The van der Waals surface area contributed by atoms with Gasteiger partial charge in [0.2, 0.25) is 0 Å². The van der Waals surface area contributed by atoms with Crippen LogP contribution in [0.5, 0.6) is 0 Å². The van der Waals surface area contributed by atoms with Crippen LogP contribution in [0.1, 0.15) is 17.8 Å². The normalized spacial score (nSPS) is 16.0. The number of nitrogens with zero attached hydrogens (tertiary/aromatic N) is 1. The second-order valence-electron chi connectivity index (χ2n) is 2.38. The van der Waals surface area contributed by atoms with Crippen molar-refractivity contribution in [3.63, 3.8) is 0 Å². The number of hydrogen-bond donors (Lipinski definition) is 0. The summed E-state index contributed by atoms with van der Waals surface area (Å²) in [6.45, 7) is 0. The van der Waals surface area contributed by atoms with Crippen molar-refractivity contribution in [1.29, 1.82) is 0 Å². The molecule has 0 amide bonds. The predicted molar refractivity (Wildman–Crippen MR) is 41.7 cm³/mol. The molecule has 1 saturated carbocycles. The Hall–Kier alpha value is -0.810. The average molecular weight is 149 g/mol. The molecule has 1 aromatic heterocycles. The minimum atomic E-state index is 0.684. The highest BCUT2D eigenvalue weighted by molar-refractivity contribution is 7.10. The van der Waals surface area contributed by atoms with Gasteiger partial charge in [0.15, 0.2) is 5.01 Å². The van der Waals surface area contributed by atoms with E-state index in [2.05, 4.69) is 16.8 Å². The maximum absolute atomic E-state index is 4.06. The van der Waals surface area contributed by atoms with E-state index < -0.39 is 0 Å². The van der Waals surface area contributed by atoms with E-state index in [1.807, 2.05) is 5.38 Å². The van der Waals surface area contributed by atoms with Crippen molar-refractivity contribution < 1.29 is 0 Å². The number of aromatic nitrogens is 1. The molecule has 0 aliphatic heterocycles. The molecule has 10 heavy (non-hydrogen) atoms. The first-order valence-electron chi connectivity index (χ1n) is 3.36. The largest absolute Gasteiger partial charge is 0.236 e. The molecule has 0 N–H and O–H groups in total. The molecule has 0 unspecified atom stereocenters. The van der Waals surface area contributed by atoms with Gasteiger partial charge in [0.05, 0.1) is 0 Å². The summed E-state index contributed by atoms with van der Waals surface area (Å²) >= 11 is 1.61. The molecule has 1 aliphatic carbocycles. The van der Waals surface area contributed by atoms with E-state index in [1.165, 1.54) is 12.8 Å². The van der Waals surface area contributed by atoms with Crippen molar-refractivity contribution in [3.8, 4) is 11.8 Å². The Balaban J connectivity index is 2.09. The van der Waals surface area contributed by atoms with E-state index in [1.54, 1.807) is 17.5 Å². The molecule has 0 atom stereocenters. The third-order valence-electron chi connectivity index (χ3n) is 1.39. The Kier molecular flexibility index (Phi) is 1.44. The summed E-state index contributed by atoms with van der Waals surface area (Å²) in [5.41, 5.74) is 0. The van der Waals surface area contributed by atoms with Crippen molar-refractivity contribution in [2.24, 2.45) is 5.92 Å². The van der Waals surface area contributed by atoms with Gasteiger partial charge in [-0.2, -0.15) is 0 Å². The smallest absolute Gasteiger partial charge is 0.166 e. The van der Waals surface area contributed by atoms with Gasteiger partial charge in [-0.05, 0) is 18.8 Å². The minimum Gasteiger partial charge on any atom is -0.236 e. The van der Waals surface area contributed by atoms with Crippen molar-refractivity contribution in [3.05, 3.63) is 16.6 Å². The van der Waals surface area contributed by atoms with Crippen LogP contribution < -0.4 is 0 Å². The van der Waals surface area contributed by atoms with Crippen molar-refractivity contribution >= 4 is 11.3 Å². The molecule has 1 heterocycles. The Morgan fingerprint density at radius 3 is 3.10 bits per heavy atom. The molecule has 1 aromatic rings. The lowest BCUT2D eigenvalue weighted by Gasteiger charge is -1.73. The SMILES string of the molecule is C(#CC1CC1)c1nccs1. The van der Waals surface area contributed by atoms with E-state index in [4.69, 9.17) is 0 Å². The van der Waals surface area contributed by atoms with Crippen LogP contribution in [0.2, 0.25) is 0 Å². The van der Waals surface area contributed by atoms with E-state index in [-0.39, 0.29) is 0 Å². The Morgan fingerprint density at radius 2 is 2.50 bits per heavy atom. The molecule has 1 aliphatic rings. The first-order valence-corrected chi connectivity index (χ1v) is 4.24. The molecule has 0 spiro atoms. The van der Waals surface area contributed by atoms with Gasteiger partial charge >= 0.3 is 0 Å². The molecule has 0 bridgehead atoms. The van der Waals surface area contributed by atoms with Crippen LogP contribution in [-0.2, 0) is 0 Å². The molecular formula is C8H7NS. The molecule has 2 rings (SSSR count).